The number of aromatic nitrogens is 2. The number of ether oxygens (including phenoxy) is 3. The highest BCUT2D eigenvalue weighted by Crippen LogP contribution is 2.32. The molecule has 0 amide bonds. The van der Waals surface area contributed by atoms with Crippen molar-refractivity contribution >= 4 is 68.9 Å². The van der Waals surface area contributed by atoms with Crippen LogP contribution in [0.4, 0.5) is 10.3 Å². The van der Waals surface area contributed by atoms with E-state index in [4.69, 9.17) is 24.2 Å². The van der Waals surface area contributed by atoms with Crippen molar-refractivity contribution < 1.29 is 31.0 Å². The third-order valence-electron chi connectivity index (χ3n) is 9.88. The zero-order valence-corrected chi connectivity index (χ0v) is 37.5. The van der Waals surface area contributed by atoms with Gasteiger partial charge in [-0.2, -0.15) is 8.61 Å². The first-order chi connectivity index (χ1) is 28.5. The van der Waals surface area contributed by atoms with Crippen LogP contribution in [0.1, 0.15) is 0 Å². The maximum absolute atomic E-state index is 12.9. The molecule has 0 radical (unpaired) electrons. The van der Waals surface area contributed by atoms with Crippen LogP contribution in [0, 0.1) is 0 Å². The highest BCUT2D eigenvalue weighted by Gasteiger charge is 2.31. The molecule has 2 fully saturated rings. The number of nitrogens with zero attached hydrogens (tertiary/aromatic N) is 6. The highest BCUT2D eigenvalue weighted by atomic mass is 79.9. The van der Waals surface area contributed by atoms with Gasteiger partial charge in [0.2, 0.25) is 20.0 Å². The van der Waals surface area contributed by atoms with Gasteiger partial charge in [-0.3, -0.25) is 0 Å². The van der Waals surface area contributed by atoms with Gasteiger partial charge in [0.25, 0.3) is 0 Å². The Balaban J connectivity index is 0.000000179. The van der Waals surface area contributed by atoms with E-state index >= 15 is 0 Å². The minimum atomic E-state index is -3.52. The summed E-state index contributed by atoms with van der Waals surface area (Å²) in [5.41, 5.74) is 3.88. The monoisotopic (exact) mass is 938 g/mol. The number of piperazine rings is 2. The molecule has 0 spiro atoms. The average Bonchev–Trinajstić information content (AvgIpc) is 3.99. The van der Waals surface area contributed by atoms with E-state index in [0.29, 0.717) is 63.9 Å². The molecule has 13 nitrogen and oxygen atoms in total. The fourth-order valence-electron chi connectivity index (χ4n) is 6.55. The van der Waals surface area contributed by atoms with E-state index in [1.807, 2.05) is 59.3 Å². The van der Waals surface area contributed by atoms with Gasteiger partial charge in [0.1, 0.15) is 17.2 Å². The van der Waals surface area contributed by atoms with Crippen molar-refractivity contribution in [1.82, 2.24) is 18.6 Å². The van der Waals surface area contributed by atoms with Gasteiger partial charge >= 0.3 is 0 Å². The minimum absolute atomic E-state index is 0.284. The van der Waals surface area contributed by atoms with Gasteiger partial charge in [-0.05, 0) is 72.8 Å². The van der Waals surface area contributed by atoms with Crippen LogP contribution in [0.5, 0.6) is 17.2 Å². The zero-order chi connectivity index (χ0) is 41.6. The molecular weight excluding hydrogens is 897 g/mol. The summed E-state index contributed by atoms with van der Waals surface area (Å²) in [6.07, 6.45) is 0. The third-order valence-corrected chi connectivity index (χ3v) is 16.0. The van der Waals surface area contributed by atoms with Gasteiger partial charge in [-0.15, -0.1) is 22.7 Å². The van der Waals surface area contributed by atoms with Crippen molar-refractivity contribution in [3.8, 4) is 39.8 Å². The molecule has 0 bridgehead atoms. The molecule has 8 rings (SSSR count). The van der Waals surface area contributed by atoms with E-state index < -0.39 is 20.0 Å². The normalized spacial score (nSPS) is 15.3. The summed E-state index contributed by atoms with van der Waals surface area (Å²) >= 11 is 6.64. The van der Waals surface area contributed by atoms with Crippen molar-refractivity contribution in [2.45, 2.75) is 9.79 Å². The molecule has 2 aliphatic heterocycles. The Morgan fingerprint density at radius 1 is 0.525 bits per heavy atom. The lowest BCUT2D eigenvalue weighted by atomic mass is 10.2. The van der Waals surface area contributed by atoms with Crippen molar-refractivity contribution in [2.24, 2.45) is 0 Å². The number of methoxy groups -OCH3 is 3. The number of hydrogen-bond donors (Lipinski definition) is 0. The van der Waals surface area contributed by atoms with Crippen LogP contribution < -0.4 is 24.0 Å². The lowest BCUT2D eigenvalue weighted by Gasteiger charge is -2.33. The number of sulfonamides is 2. The molecule has 0 saturated carbocycles. The molecule has 18 heteroatoms. The molecule has 4 heterocycles. The lowest BCUT2D eigenvalue weighted by molar-refractivity contribution is 0.384. The van der Waals surface area contributed by atoms with Crippen molar-refractivity contribution in [3.05, 3.63) is 112 Å². The maximum atomic E-state index is 12.9. The summed E-state index contributed by atoms with van der Waals surface area (Å²) in [7, 11) is -2.26. The summed E-state index contributed by atoms with van der Waals surface area (Å²) < 4.78 is 71.2. The molecule has 0 N–H and O–H groups in total. The van der Waals surface area contributed by atoms with E-state index in [-0.39, 0.29) is 9.79 Å². The molecule has 2 saturated heterocycles. The average molecular weight is 940 g/mol. The molecule has 2 aromatic heterocycles. The molecule has 310 valence electrons. The zero-order valence-electron chi connectivity index (χ0n) is 32.6. The molecule has 6 aromatic rings. The summed E-state index contributed by atoms with van der Waals surface area (Å²) in [5, 5.41) is 5.87. The van der Waals surface area contributed by atoms with Crippen LogP contribution in [0.25, 0.3) is 22.5 Å². The number of thiazole rings is 2. The molecule has 0 aliphatic carbocycles. The second kappa shape index (κ2) is 18.8. The Morgan fingerprint density at radius 3 is 1.34 bits per heavy atom. The molecule has 0 atom stereocenters. The summed E-state index contributed by atoms with van der Waals surface area (Å²) in [4.78, 5) is 14.4. The van der Waals surface area contributed by atoms with Crippen molar-refractivity contribution in [2.75, 3.05) is 83.5 Å². The van der Waals surface area contributed by atoms with Gasteiger partial charge in [-0.1, -0.05) is 40.2 Å². The third kappa shape index (κ3) is 9.91. The van der Waals surface area contributed by atoms with Crippen LogP contribution >= 0.6 is 38.6 Å². The Morgan fingerprint density at radius 2 is 0.932 bits per heavy atom. The SMILES string of the molecule is COc1ccc(S(=O)(=O)N2CCN(c3nc(-c4cccc(Br)c4)cs3)CC2)cc1.COc1ccc(S(=O)(=O)N2CCN(c3nc(-c4cccc(OC)c4)cs3)CC2)cc1. The van der Waals surface area contributed by atoms with E-state index in [1.54, 1.807) is 92.5 Å². The van der Waals surface area contributed by atoms with E-state index in [9.17, 15) is 16.8 Å². The second-order valence-electron chi connectivity index (χ2n) is 13.4. The smallest absolute Gasteiger partial charge is 0.243 e. The van der Waals surface area contributed by atoms with Crippen LogP contribution in [-0.2, 0) is 20.0 Å². The first-order valence-electron chi connectivity index (χ1n) is 18.6. The Bertz CT molecular complexity index is 2560. The van der Waals surface area contributed by atoms with Gasteiger partial charge in [-0.25, -0.2) is 26.8 Å². The first kappa shape index (κ1) is 42.6. The summed E-state index contributed by atoms with van der Waals surface area (Å²) in [5.74, 6) is 2.06. The van der Waals surface area contributed by atoms with Crippen LogP contribution in [0.15, 0.2) is 122 Å². The van der Waals surface area contributed by atoms with Crippen LogP contribution in [-0.4, -0.2) is 109 Å². The number of benzene rings is 4. The van der Waals surface area contributed by atoms with E-state index in [1.165, 1.54) is 8.61 Å². The fourth-order valence-corrected chi connectivity index (χ4v) is 11.6. The van der Waals surface area contributed by atoms with Gasteiger partial charge < -0.3 is 24.0 Å². The lowest BCUT2D eigenvalue weighted by Crippen LogP contribution is -2.48. The topological polar surface area (TPSA) is 135 Å². The van der Waals surface area contributed by atoms with E-state index in [2.05, 4.69) is 25.7 Å². The molecular formula is C41H43BrN6O7S4. The largest absolute Gasteiger partial charge is 0.497 e. The molecule has 0 unspecified atom stereocenters. The predicted molar refractivity (Wildman–Crippen MR) is 237 cm³/mol. The van der Waals surface area contributed by atoms with Gasteiger partial charge in [0.05, 0.1) is 42.5 Å². The van der Waals surface area contributed by atoms with Crippen LogP contribution in [0.3, 0.4) is 0 Å². The number of hydrogen-bond acceptors (Lipinski definition) is 13. The van der Waals surface area contributed by atoms with E-state index in [0.717, 1.165) is 43.0 Å². The van der Waals surface area contributed by atoms with Crippen molar-refractivity contribution in [3.63, 3.8) is 0 Å². The quantitative estimate of drug-likeness (QED) is 0.128. The molecule has 4 aromatic carbocycles. The molecule has 2 aliphatic rings. The van der Waals surface area contributed by atoms with Gasteiger partial charge in [0.15, 0.2) is 10.3 Å². The predicted octanol–water partition coefficient (Wildman–Crippen LogP) is 7.43. The maximum Gasteiger partial charge on any atom is 0.243 e. The minimum Gasteiger partial charge on any atom is -0.497 e. The number of anilines is 2. The standard InChI is InChI=1S/C21H23N3O4S2.C20H20BrN3O3S2/c1-27-17-6-8-19(9-7-17)30(25,26)24-12-10-23(11-13-24)21-22-20(15-29-21)16-4-3-5-18(14-16)28-2;1-27-17-5-7-18(8-6-17)29(25,26)24-11-9-23(10-12-24)20-22-19(14-28-20)15-3-2-4-16(21)13-15/h3-9,14-15H,10-13H2,1-2H3;2-8,13-14H,9-12H2,1H3. The Labute approximate surface area is 361 Å². The first-order valence-corrected chi connectivity index (χ1v) is 24.0. The van der Waals surface area contributed by atoms with Gasteiger partial charge in [0, 0.05) is 78.7 Å². The number of halogens is 1. The summed E-state index contributed by atoms with van der Waals surface area (Å²) in [6.45, 7) is 4.12. The van der Waals surface area contributed by atoms with Crippen LogP contribution in [0.2, 0.25) is 0 Å². The number of rotatable bonds is 11. The Kier molecular flexibility index (Phi) is 13.6. The highest BCUT2D eigenvalue weighted by molar-refractivity contribution is 9.10. The second-order valence-corrected chi connectivity index (χ2v) is 19.9. The van der Waals surface area contributed by atoms with Crippen molar-refractivity contribution in [1.29, 1.82) is 0 Å². The molecule has 59 heavy (non-hydrogen) atoms. The Hall–Kier alpha value is -4.56. The fraction of sp³-hybridized carbons (Fsp3) is 0.268. The summed E-state index contributed by atoms with van der Waals surface area (Å²) in [6, 6.07) is 28.9.